The molecule has 0 spiro atoms. The SMILES string of the molecule is C=C(C)C(O)C1CC(C2CC=C3C2(C)CCC2C4(C)CCC(O)C(C)(C)C4CC(OC(C)=O)C32C)C(O)O1. The van der Waals surface area contributed by atoms with Gasteiger partial charge in [-0.2, -0.15) is 0 Å². The Balaban J connectivity index is 1.51. The molecule has 5 aliphatic rings. The second kappa shape index (κ2) is 9.15. The summed E-state index contributed by atoms with van der Waals surface area (Å²) >= 11 is 0. The molecular weight excluding hydrogens is 480 g/mol. The van der Waals surface area contributed by atoms with Gasteiger partial charge in [0.2, 0.25) is 0 Å². The molecule has 0 aromatic rings. The van der Waals surface area contributed by atoms with Gasteiger partial charge in [0.15, 0.2) is 6.29 Å². The summed E-state index contributed by atoms with van der Waals surface area (Å²) in [6.45, 7) is 18.7. The maximum Gasteiger partial charge on any atom is 0.302 e. The minimum atomic E-state index is -0.910. The Morgan fingerprint density at radius 2 is 1.76 bits per heavy atom. The normalized spacial score (nSPS) is 50.3. The smallest absolute Gasteiger partial charge is 0.302 e. The van der Waals surface area contributed by atoms with Gasteiger partial charge in [0.25, 0.3) is 0 Å². The van der Waals surface area contributed by atoms with Gasteiger partial charge in [-0.05, 0) is 91.4 Å². The molecule has 0 radical (unpaired) electrons. The molecule has 38 heavy (non-hydrogen) atoms. The van der Waals surface area contributed by atoms with Crippen molar-refractivity contribution in [1.82, 2.24) is 0 Å². The van der Waals surface area contributed by atoms with Crippen LogP contribution in [-0.2, 0) is 14.3 Å². The van der Waals surface area contributed by atoms with E-state index in [1.807, 2.05) is 0 Å². The molecule has 5 rings (SSSR count). The number of aliphatic hydroxyl groups is 3. The van der Waals surface area contributed by atoms with Crippen molar-refractivity contribution < 1.29 is 29.6 Å². The highest BCUT2D eigenvalue weighted by molar-refractivity contribution is 5.66. The van der Waals surface area contributed by atoms with Crippen LogP contribution in [0.2, 0.25) is 0 Å². The number of rotatable bonds is 4. The van der Waals surface area contributed by atoms with Gasteiger partial charge in [0, 0.05) is 18.3 Å². The molecule has 1 saturated heterocycles. The zero-order chi connectivity index (χ0) is 28.0. The maximum atomic E-state index is 12.5. The largest absolute Gasteiger partial charge is 0.462 e. The monoisotopic (exact) mass is 530 g/mol. The molecule has 0 amide bonds. The lowest BCUT2D eigenvalue weighted by Crippen LogP contribution is -2.66. The first-order valence-electron chi connectivity index (χ1n) is 14.8. The maximum absolute atomic E-state index is 12.5. The van der Waals surface area contributed by atoms with E-state index in [0.717, 1.165) is 38.5 Å². The number of carbonyl (C=O) groups is 1. The summed E-state index contributed by atoms with van der Waals surface area (Å²) in [5.41, 5.74) is 1.39. The summed E-state index contributed by atoms with van der Waals surface area (Å²) in [6.07, 6.45) is 5.72. The Labute approximate surface area is 228 Å². The predicted octanol–water partition coefficient (Wildman–Crippen LogP) is 5.15. The number of esters is 1. The van der Waals surface area contributed by atoms with E-state index in [0.29, 0.717) is 17.9 Å². The van der Waals surface area contributed by atoms with Crippen molar-refractivity contribution in [3.63, 3.8) is 0 Å². The third-order valence-corrected chi connectivity index (χ3v) is 12.6. The van der Waals surface area contributed by atoms with Crippen LogP contribution < -0.4 is 0 Å². The van der Waals surface area contributed by atoms with Crippen LogP contribution in [0.3, 0.4) is 0 Å². The fourth-order valence-electron chi connectivity index (χ4n) is 10.6. The van der Waals surface area contributed by atoms with Gasteiger partial charge in [-0.1, -0.05) is 52.8 Å². The highest BCUT2D eigenvalue weighted by Crippen LogP contribution is 2.74. The zero-order valence-corrected chi connectivity index (χ0v) is 24.5. The van der Waals surface area contributed by atoms with Crippen LogP contribution in [0.1, 0.15) is 93.4 Å². The fourth-order valence-corrected chi connectivity index (χ4v) is 10.6. The molecule has 6 nitrogen and oxygen atoms in total. The van der Waals surface area contributed by atoms with Crippen LogP contribution in [0.25, 0.3) is 0 Å². The standard InChI is InChI=1S/C32H50O6/c1-17(2)27(35)21-15-19(28(36)38-21)20-9-10-22-30(20,6)13-11-23-31(7)14-12-25(34)29(4,5)24(31)16-26(32(22,23)8)37-18(3)33/h10,19-21,23-28,34-36H,1,9,11-16H2,2-8H3. The minimum absolute atomic E-state index is 0.0427. The molecule has 0 aromatic heterocycles. The van der Waals surface area contributed by atoms with Crippen LogP contribution in [0.4, 0.5) is 0 Å². The number of aliphatic hydroxyl groups excluding tert-OH is 3. The molecule has 0 aromatic carbocycles. The van der Waals surface area contributed by atoms with Crippen molar-refractivity contribution in [2.24, 2.45) is 45.3 Å². The Morgan fingerprint density at radius 1 is 1.08 bits per heavy atom. The topological polar surface area (TPSA) is 96.2 Å². The van der Waals surface area contributed by atoms with Crippen LogP contribution in [0.15, 0.2) is 23.8 Å². The first-order chi connectivity index (χ1) is 17.6. The third kappa shape index (κ3) is 3.83. The number of ether oxygens (including phenoxy) is 2. The summed E-state index contributed by atoms with van der Waals surface area (Å²) < 4.78 is 12.1. The summed E-state index contributed by atoms with van der Waals surface area (Å²) in [4.78, 5) is 12.5. The van der Waals surface area contributed by atoms with E-state index in [1.165, 1.54) is 12.5 Å². The predicted molar refractivity (Wildman–Crippen MR) is 146 cm³/mol. The summed E-state index contributed by atoms with van der Waals surface area (Å²) in [5.74, 6) is 0.478. The molecule has 4 aliphatic carbocycles. The molecule has 1 heterocycles. The zero-order valence-electron chi connectivity index (χ0n) is 24.5. The molecule has 214 valence electrons. The van der Waals surface area contributed by atoms with Gasteiger partial charge in [0.1, 0.15) is 12.2 Å². The first-order valence-corrected chi connectivity index (χ1v) is 14.8. The average Bonchev–Trinajstić information content (AvgIpc) is 3.37. The quantitative estimate of drug-likeness (QED) is 0.343. The molecular formula is C32H50O6. The summed E-state index contributed by atoms with van der Waals surface area (Å²) in [7, 11) is 0. The molecule has 3 N–H and O–H groups in total. The second-order valence-corrected chi connectivity index (χ2v) is 14.8. The summed E-state index contributed by atoms with van der Waals surface area (Å²) in [6, 6.07) is 0. The first kappa shape index (κ1) is 28.3. The van der Waals surface area contributed by atoms with E-state index >= 15 is 0 Å². The molecule has 12 unspecified atom stereocenters. The number of fused-ring (bicyclic) bond motifs is 5. The van der Waals surface area contributed by atoms with Crippen molar-refractivity contribution in [3.8, 4) is 0 Å². The van der Waals surface area contributed by atoms with E-state index in [4.69, 9.17) is 9.47 Å². The van der Waals surface area contributed by atoms with Gasteiger partial charge < -0.3 is 24.8 Å². The van der Waals surface area contributed by atoms with E-state index in [2.05, 4.69) is 47.3 Å². The Kier molecular flexibility index (Phi) is 6.82. The van der Waals surface area contributed by atoms with Crippen molar-refractivity contribution in [2.75, 3.05) is 0 Å². The summed E-state index contributed by atoms with van der Waals surface area (Å²) in [5, 5.41) is 32.6. The number of allylic oxidation sites excluding steroid dienone is 1. The Morgan fingerprint density at radius 3 is 2.39 bits per heavy atom. The number of hydrogen-bond acceptors (Lipinski definition) is 6. The molecule has 12 atom stereocenters. The van der Waals surface area contributed by atoms with Crippen LogP contribution in [0.5, 0.6) is 0 Å². The van der Waals surface area contributed by atoms with Gasteiger partial charge >= 0.3 is 5.97 Å². The van der Waals surface area contributed by atoms with Crippen molar-refractivity contribution in [3.05, 3.63) is 23.8 Å². The van der Waals surface area contributed by atoms with Crippen molar-refractivity contribution in [2.45, 2.75) is 124 Å². The molecule has 4 fully saturated rings. The van der Waals surface area contributed by atoms with Gasteiger partial charge in [-0.25, -0.2) is 0 Å². The minimum Gasteiger partial charge on any atom is -0.462 e. The number of hydrogen-bond donors (Lipinski definition) is 3. The second-order valence-electron chi connectivity index (χ2n) is 14.8. The fraction of sp³-hybridized carbons (Fsp3) is 0.844. The molecule has 6 heteroatoms. The van der Waals surface area contributed by atoms with Gasteiger partial charge in [-0.3, -0.25) is 4.79 Å². The molecule has 3 saturated carbocycles. The van der Waals surface area contributed by atoms with Crippen molar-refractivity contribution in [1.29, 1.82) is 0 Å². The van der Waals surface area contributed by atoms with Crippen LogP contribution >= 0.6 is 0 Å². The Bertz CT molecular complexity index is 1020. The van der Waals surface area contributed by atoms with E-state index in [1.54, 1.807) is 6.92 Å². The van der Waals surface area contributed by atoms with Crippen LogP contribution in [0, 0.1) is 45.3 Å². The average molecular weight is 531 g/mol. The lowest BCUT2D eigenvalue weighted by molar-refractivity contribution is -0.222. The van der Waals surface area contributed by atoms with Gasteiger partial charge in [0.05, 0.1) is 12.2 Å². The van der Waals surface area contributed by atoms with Crippen molar-refractivity contribution >= 4 is 5.97 Å². The molecule has 0 bridgehead atoms. The number of carbonyl (C=O) groups excluding carboxylic acids is 1. The third-order valence-electron chi connectivity index (χ3n) is 12.6. The van der Waals surface area contributed by atoms with E-state index < -0.39 is 18.5 Å². The highest BCUT2D eigenvalue weighted by Gasteiger charge is 2.69. The lowest BCUT2D eigenvalue weighted by atomic mass is 9.37. The Hall–Kier alpha value is -1.21. The highest BCUT2D eigenvalue weighted by atomic mass is 16.6. The van der Waals surface area contributed by atoms with Gasteiger partial charge in [-0.15, -0.1) is 0 Å². The van der Waals surface area contributed by atoms with E-state index in [9.17, 15) is 20.1 Å². The lowest BCUT2D eigenvalue weighted by Gasteiger charge is -2.68. The van der Waals surface area contributed by atoms with E-state index in [-0.39, 0.29) is 57.6 Å². The van der Waals surface area contributed by atoms with Crippen LogP contribution in [-0.4, -0.2) is 52.0 Å². The molecule has 1 aliphatic heterocycles.